The van der Waals surface area contributed by atoms with Gasteiger partial charge in [-0.2, -0.15) is 0 Å². The largest absolute Gasteiger partial charge is 0.456 e. The number of ether oxygens (including phenoxy) is 1. The normalized spacial score (nSPS) is 15.5. The number of benzene rings is 11. The standard InChI is InChI=1S/C60H35N2O3P/c63-66-58-48-25-13-26-49(58)62(41-19-5-2-6-20-41)51-33-39(35-55(60(51)66)65-53-28-14-27-50(59(53)66)61(48)40-17-3-1-4-18-40)57-44-23-11-9-21-42(44)56(43-22-10-12-24-45(43)57)38-29-30-52-46(32-38)47-31-36-15-7-8-16-37(36)34-54(47)64-52/h1-35H. The molecule has 4 heterocycles. The highest BCUT2D eigenvalue weighted by atomic mass is 31.2. The molecule has 0 bridgehead atoms. The highest BCUT2D eigenvalue weighted by Crippen LogP contribution is 2.66. The van der Waals surface area contributed by atoms with Gasteiger partial charge < -0.3 is 23.5 Å². The first kappa shape index (κ1) is 36.0. The number of nitrogens with zero attached hydrogens (tertiary/aromatic N) is 2. The number of para-hydroxylation sites is 2. The van der Waals surface area contributed by atoms with Crippen LogP contribution in [0, 0.1) is 0 Å². The highest BCUT2D eigenvalue weighted by Gasteiger charge is 2.54. The lowest BCUT2D eigenvalue weighted by Gasteiger charge is -2.47. The summed E-state index contributed by atoms with van der Waals surface area (Å²) in [6.07, 6.45) is 0. The molecule has 3 aliphatic rings. The van der Waals surface area contributed by atoms with Crippen molar-refractivity contribution in [1.82, 2.24) is 0 Å². The second-order valence-electron chi connectivity index (χ2n) is 17.5. The molecule has 1 atom stereocenters. The maximum atomic E-state index is 16.9. The van der Waals surface area contributed by atoms with Gasteiger partial charge in [-0.05, 0) is 140 Å². The summed E-state index contributed by atoms with van der Waals surface area (Å²) in [5.74, 6) is 1.24. The van der Waals surface area contributed by atoms with Crippen molar-refractivity contribution in [2.24, 2.45) is 0 Å². The molecule has 0 fully saturated rings. The summed E-state index contributed by atoms with van der Waals surface area (Å²) in [7, 11) is -3.52. The van der Waals surface area contributed by atoms with Crippen molar-refractivity contribution in [1.29, 1.82) is 0 Å². The molecule has 6 heteroatoms. The van der Waals surface area contributed by atoms with Crippen LogP contribution in [0.5, 0.6) is 11.5 Å². The summed E-state index contributed by atoms with van der Waals surface area (Å²) in [4.78, 5) is 4.55. The average molecular weight is 863 g/mol. The molecule has 12 aromatic rings. The van der Waals surface area contributed by atoms with Gasteiger partial charge >= 0.3 is 0 Å². The van der Waals surface area contributed by atoms with Gasteiger partial charge in [0, 0.05) is 22.1 Å². The fourth-order valence-electron chi connectivity index (χ4n) is 11.4. The molecule has 0 radical (unpaired) electrons. The third-order valence-electron chi connectivity index (χ3n) is 14.0. The fourth-order valence-corrected chi connectivity index (χ4v) is 14.9. The molecule has 0 N–H and O–H groups in total. The van der Waals surface area contributed by atoms with Crippen LogP contribution in [0.1, 0.15) is 0 Å². The van der Waals surface area contributed by atoms with E-state index in [1.807, 2.05) is 24.3 Å². The molecule has 1 aromatic heterocycles. The van der Waals surface area contributed by atoms with Crippen LogP contribution < -0.4 is 30.5 Å². The molecule has 0 aliphatic carbocycles. The van der Waals surface area contributed by atoms with Gasteiger partial charge in [0.25, 0.3) is 0 Å². The third kappa shape index (κ3) is 4.72. The monoisotopic (exact) mass is 862 g/mol. The molecule has 11 aromatic carbocycles. The SMILES string of the molecule is O=P12c3c4cccc3N(c3ccccc3)c3cccc(c31)N(c1ccccc1)c1cc(-c3c5ccccc5c(-c5ccc6oc7cc8ccccc8cc7c6c5)c5ccccc35)cc(c12)O4. The number of hydrogen-bond acceptors (Lipinski definition) is 5. The lowest BCUT2D eigenvalue weighted by Crippen LogP contribution is -2.45. The quantitative estimate of drug-likeness (QED) is 0.130. The Labute approximate surface area is 379 Å². The van der Waals surface area contributed by atoms with Gasteiger partial charge in [-0.1, -0.05) is 127 Å². The first-order valence-corrected chi connectivity index (χ1v) is 24.1. The fraction of sp³-hybridized carbons (Fsp3) is 0. The van der Waals surface area contributed by atoms with E-state index in [9.17, 15) is 0 Å². The minimum absolute atomic E-state index is 0.618. The Morgan fingerprint density at radius 1 is 0.348 bits per heavy atom. The molecule has 3 aliphatic heterocycles. The molecule has 1 unspecified atom stereocenters. The Balaban J connectivity index is 1.01. The van der Waals surface area contributed by atoms with Gasteiger partial charge in [0.2, 0.25) is 0 Å². The Bertz CT molecular complexity index is 4080. The van der Waals surface area contributed by atoms with Crippen molar-refractivity contribution in [3.05, 3.63) is 212 Å². The number of anilines is 6. The van der Waals surface area contributed by atoms with Crippen molar-refractivity contribution < 1.29 is 13.7 Å². The lowest BCUT2D eigenvalue weighted by molar-refractivity contribution is 0.485. The topological polar surface area (TPSA) is 45.9 Å². The zero-order valence-electron chi connectivity index (χ0n) is 35.3. The number of fused-ring (bicyclic) bond motifs is 6. The predicted molar refractivity (Wildman–Crippen MR) is 273 cm³/mol. The molecule has 5 nitrogen and oxygen atoms in total. The Morgan fingerprint density at radius 2 is 0.864 bits per heavy atom. The van der Waals surface area contributed by atoms with Crippen molar-refractivity contribution >= 4 is 111 Å². The summed E-state index contributed by atoms with van der Waals surface area (Å²) < 4.78 is 30.5. The Hall–Kier alpha value is -8.37. The molecule has 0 spiro atoms. The first-order valence-electron chi connectivity index (χ1n) is 22.4. The van der Waals surface area contributed by atoms with E-state index in [0.717, 1.165) is 116 Å². The van der Waals surface area contributed by atoms with E-state index in [1.54, 1.807) is 0 Å². The van der Waals surface area contributed by atoms with Gasteiger partial charge in [-0.3, -0.25) is 0 Å². The number of furan rings is 1. The minimum atomic E-state index is -3.52. The molecule has 0 saturated carbocycles. The number of rotatable bonds is 4. The van der Waals surface area contributed by atoms with E-state index in [0.29, 0.717) is 11.5 Å². The summed E-state index contributed by atoms with van der Waals surface area (Å²) in [5.41, 5.74) is 11.7. The molecule has 66 heavy (non-hydrogen) atoms. The van der Waals surface area contributed by atoms with Crippen molar-refractivity contribution in [2.75, 3.05) is 9.80 Å². The van der Waals surface area contributed by atoms with E-state index >= 15 is 4.57 Å². The molecular weight excluding hydrogens is 828 g/mol. The maximum Gasteiger partial charge on any atom is 0.186 e. The second-order valence-corrected chi connectivity index (χ2v) is 20.1. The van der Waals surface area contributed by atoms with Crippen LogP contribution >= 0.6 is 7.14 Å². The maximum absolute atomic E-state index is 16.9. The van der Waals surface area contributed by atoms with E-state index < -0.39 is 7.14 Å². The zero-order chi connectivity index (χ0) is 43.3. The zero-order valence-corrected chi connectivity index (χ0v) is 36.2. The van der Waals surface area contributed by atoms with Crippen LogP contribution in [0.3, 0.4) is 0 Å². The van der Waals surface area contributed by atoms with E-state index in [1.165, 1.54) is 10.9 Å². The van der Waals surface area contributed by atoms with E-state index in [2.05, 4.69) is 198 Å². The lowest BCUT2D eigenvalue weighted by atomic mass is 9.85. The molecule has 0 amide bonds. The van der Waals surface area contributed by atoms with Crippen molar-refractivity contribution in [2.45, 2.75) is 0 Å². The number of hydrogen-bond donors (Lipinski definition) is 0. The predicted octanol–water partition coefficient (Wildman–Crippen LogP) is 15.7. The van der Waals surface area contributed by atoms with Crippen LogP contribution in [0.15, 0.2) is 217 Å². The minimum Gasteiger partial charge on any atom is -0.456 e. The van der Waals surface area contributed by atoms with Gasteiger partial charge in [0.15, 0.2) is 7.14 Å². The van der Waals surface area contributed by atoms with E-state index in [-0.39, 0.29) is 0 Å². The van der Waals surface area contributed by atoms with Crippen LogP contribution in [0.4, 0.5) is 34.1 Å². The first-order chi connectivity index (χ1) is 32.6. The Morgan fingerprint density at radius 3 is 1.52 bits per heavy atom. The van der Waals surface area contributed by atoms with Gasteiger partial charge in [0.1, 0.15) is 22.7 Å². The van der Waals surface area contributed by atoms with E-state index in [4.69, 9.17) is 9.15 Å². The summed E-state index contributed by atoms with van der Waals surface area (Å²) in [6.45, 7) is 0. The van der Waals surface area contributed by atoms with Crippen LogP contribution in [-0.2, 0) is 4.57 Å². The summed E-state index contributed by atoms with van der Waals surface area (Å²) >= 11 is 0. The van der Waals surface area contributed by atoms with Crippen LogP contribution in [0.25, 0.3) is 76.5 Å². The molecule has 15 rings (SSSR count). The highest BCUT2D eigenvalue weighted by molar-refractivity contribution is 7.87. The van der Waals surface area contributed by atoms with Crippen LogP contribution in [-0.4, -0.2) is 0 Å². The van der Waals surface area contributed by atoms with Gasteiger partial charge in [-0.15, -0.1) is 0 Å². The third-order valence-corrected chi connectivity index (χ3v) is 17.3. The molecule has 308 valence electrons. The van der Waals surface area contributed by atoms with Crippen molar-refractivity contribution in [3.63, 3.8) is 0 Å². The molecular formula is C60H35N2O3P. The van der Waals surface area contributed by atoms with Gasteiger partial charge in [-0.25, -0.2) is 0 Å². The summed E-state index contributed by atoms with van der Waals surface area (Å²) in [5, 5.41) is 11.4. The summed E-state index contributed by atoms with van der Waals surface area (Å²) in [6, 6.07) is 74.7. The van der Waals surface area contributed by atoms with Crippen LogP contribution in [0.2, 0.25) is 0 Å². The van der Waals surface area contributed by atoms with Crippen molar-refractivity contribution in [3.8, 4) is 33.8 Å². The van der Waals surface area contributed by atoms with Gasteiger partial charge in [0.05, 0.1) is 38.7 Å². The smallest absolute Gasteiger partial charge is 0.186 e. The Kier molecular flexibility index (Phi) is 7.15. The molecule has 0 saturated heterocycles. The second kappa shape index (κ2) is 13.1. The average Bonchev–Trinajstić information content (AvgIpc) is 3.71.